The lowest BCUT2D eigenvalue weighted by Gasteiger charge is -2.22. The van der Waals surface area contributed by atoms with Gasteiger partial charge >= 0.3 is 0 Å². The van der Waals surface area contributed by atoms with Gasteiger partial charge in [-0.25, -0.2) is 0 Å². The minimum Gasteiger partial charge on any atom is -0.377 e. The van der Waals surface area contributed by atoms with E-state index in [0.717, 1.165) is 58.1 Å². The van der Waals surface area contributed by atoms with E-state index in [1.165, 1.54) is 17.6 Å². The quantitative estimate of drug-likeness (QED) is 0.506. The van der Waals surface area contributed by atoms with Crippen molar-refractivity contribution in [3.8, 4) is 0 Å². The van der Waals surface area contributed by atoms with Crippen LogP contribution in [-0.4, -0.2) is 60.5 Å². The Morgan fingerprint density at radius 1 is 1.50 bits per heavy atom. The minimum atomic E-state index is 0.686. The van der Waals surface area contributed by atoms with E-state index >= 15 is 0 Å². The maximum absolute atomic E-state index is 5.36. The number of ether oxygens (including phenoxy) is 1. The Kier molecular flexibility index (Phi) is 5.91. The van der Waals surface area contributed by atoms with Gasteiger partial charge in [0.05, 0.1) is 19.4 Å². The summed E-state index contributed by atoms with van der Waals surface area (Å²) in [5.74, 6) is 1.72. The maximum Gasteiger partial charge on any atom is 0.193 e. The Bertz CT molecular complexity index is 592. The van der Waals surface area contributed by atoms with Gasteiger partial charge < -0.3 is 15.0 Å². The lowest BCUT2D eigenvalue weighted by Crippen LogP contribution is -2.40. The van der Waals surface area contributed by atoms with E-state index in [2.05, 4.69) is 32.6 Å². The monoisotopic (exact) mass is 331 g/mol. The molecule has 1 N–H and O–H groups in total. The van der Waals surface area contributed by atoms with E-state index in [-0.39, 0.29) is 0 Å². The molecule has 0 aromatic carbocycles. The zero-order chi connectivity index (χ0) is 16.8. The number of hydrogen-bond acceptors (Lipinski definition) is 3. The zero-order valence-corrected chi connectivity index (χ0v) is 14.9. The van der Waals surface area contributed by atoms with E-state index in [4.69, 9.17) is 4.74 Å². The van der Waals surface area contributed by atoms with Gasteiger partial charge in [-0.2, -0.15) is 5.10 Å². The number of hydrogen-bond donors (Lipinski definition) is 1. The van der Waals surface area contributed by atoms with Gasteiger partial charge in [-0.1, -0.05) is 11.6 Å². The second-order valence-electron chi connectivity index (χ2n) is 6.74. The summed E-state index contributed by atoms with van der Waals surface area (Å²) >= 11 is 0. The second-order valence-corrected chi connectivity index (χ2v) is 6.74. The Morgan fingerprint density at radius 2 is 2.42 bits per heavy atom. The molecule has 0 amide bonds. The van der Waals surface area contributed by atoms with E-state index in [1.54, 1.807) is 0 Å². The fourth-order valence-electron chi connectivity index (χ4n) is 3.56. The highest BCUT2D eigenvalue weighted by molar-refractivity contribution is 5.80. The number of likely N-dealkylation sites (tertiary alicyclic amines) is 1. The van der Waals surface area contributed by atoms with Crippen LogP contribution in [0.15, 0.2) is 29.0 Å². The molecule has 1 fully saturated rings. The predicted octanol–water partition coefficient (Wildman–Crippen LogP) is 1.60. The van der Waals surface area contributed by atoms with Gasteiger partial charge in [0, 0.05) is 39.9 Å². The van der Waals surface area contributed by atoms with Gasteiger partial charge in [0.25, 0.3) is 0 Å². The molecule has 3 rings (SSSR count). The Hall–Kier alpha value is -1.82. The summed E-state index contributed by atoms with van der Waals surface area (Å²) in [5, 5.41) is 7.79. The van der Waals surface area contributed by atoms with Crippen molar-refractivity contribution in [3.63, 3.8) is 0 Å². The minimum absolute atomic E-state index is 0.686. The number of aliphatic imine (C=N–C) groups is 1. The highest BCUT2D eigenvalue weighted by atomic mass is 16.5. The summed E-state index contributed by atoms with van der Waals surface area (Å²) in [5.41, 5.74) is 2.83. The standard InChI is InChI=1S/C18H29N5O/c1-19-18(20-7-3-15-5-9-24-10-6-15)23-8-4-16(14-23)11-17-12-21-22(2)13-17/h5,12-13,16H,3-4,6-11,14H2,1-2H3,(H,19,20). The summed E-state index contributed by atoms with van der Waals surface area (Å²) in [7, 11) is 3.86. The molecule has 1 atom stereocenters. The fraction of sp³-hybridized carbons (Fsp3) is 0.667. The van der Waals surface area contributed by atoms with Crippen LogP contribution in [0.1, 0.15) is 24.8 Å². The highest BCUT2D eigenvalue weighted by Gasteiger charge is 2.25. The first-order valence-electron chi connectivity index (χ1n) is 8.93. The third kappa shape index (κ3) is 4.60. The van der Waals surface area contributed by atoms with Gasteiger partial charge in [0.15, 0.2) is 5.96 Å². The maximum atomic E-state index is 5.36. The van der Waals surface area contributed by atoms with Crippen LogP contribution < -0.4 is 5.32 Å². The Labute approximate surface area is 144 Å². The second kappa shape index (κ2) is 8.33. The summed E-state index contributed by atoms with van der Waals surface area (Å²) in [6.07, 6.45) is 10.8. The molecular weight excluding hydrogens is 302 g/mol. The molecule has 1 saturated heterocycles. The molecule has 0 radical (unpaired) electrons. The number of guanidine groups is 1. The van der Waals surface area contributed by atoms with Gasteiger partial charge in [0.2, 0.25) is 0 Å². The zero-order valence-electron chi connectivity index (χ0n) is 14.9. The first-order chi connectivity index (χ1) is 11.7. The van der Waals surface area contributed by atoms with Crippen molar-refractivity contribution in [3.05, 3.63) is 29.6 Å². The first-order valence-corrected chi connectivity index (χ1v) is 8.93. The Balaban J connectivity index is 1.43. The topological polar surface area (TPSA) is 54.7 Å². The molecular formula is C18H29N5O. The van der Waals surface area contributed by atoms with Crippen LogP contribution in [0.25, 0.3) is 0 Å². The van der Waals surface area contributed by atoms with Crippen molar-refractivity contribution in [1.29, 1.82) is 0 Å². The van der Waals surface area contributed by atoms with Gasteiger partial charge in [-0.05, 0) is 37.2 Å². The predicted molar refractivity (Wildman–Crippen MR) is 96.1 cm³/mol. The normalized spacial score (nSPS) is 21.9. The molecule has 0 aliphatic carbocycles. The molecule has 1 unspecified atom stereocenters. The lowest BCUT2D eigenvalue weighted by atomic mass is 10.0. The number of nitrogens with zero attached hydrogens (tertiary/aromatic N) is 4. The smallest absolute Gasteiger partial charge is 0.193 e. The van der Waals surface area contributed by atoms with Crippen LogP contribution in [0, 0.1) is 5.92 Å². The highest BCUT2D eigenvalue weighted by Crippen LogP contribution is 2.20. The first kappa shape index (κ1) is 17.0. The molecule has 6 nitrogen and oxygen atoms in total. The van der Waals surface area contributed by atoms with Crippen molar-refractivity contribution >= 4 is 5.96 Å². The summed E-state index contributed by atoms with van der Waals surface area (Å²) in [6.45, 7) is 4.74. The number of aromatic nitrogens is 2. The number of aryl methyl sites for hydroxylation is 1. The largest absolute Gasteiger partial charge is 0.377 e. The average molecular weight is 331 g/mol. The SMILES string of the molecule is CN=C(NCCC1=CCOCC1)N1CCC(Cc2cnn(C)c2)C1. The van der Waals surface area contributed by atoms with Crippen molar-refractivity contribution in [1.82, 2.24) is 20.0 Å². The van der Waals surface area contributed by atoms with E-state index in [1.807, 2.05) is 25.0 Å². The molecule has 3 heterocycles. The molecule has 6 heteroatoms. The van der Waals surface area contributed by atoms with Crippen molar-refractivity contribution in [2.24, 2.45) is 18.0 Å². The molecule has 0 saturated carbocycles. The summed E-state index contributed by atoms with van der Waals surface area (Å²) in [6, 6.07) is 0. The van der Waals surface area contributed by atoms with Crippen LogP contribution in [0.4, 0.5) is 0 Å². The van der Waals surface area contributed by atoms with Crippen LogP contribution in [0.3, 0.4) is 0 Å². The molecule has 1 aromatic rings. The van der Waals surface area contributed by atoms with Crippen molar-refractivity contribution < 1.29 is 4.74 Å². The lowest BCUT2D eigenvalue weighted by molar-refractivity contribution is 0.153. The van der Waals surface area contributed by atoms with Crippen molar-refractivity contribution in [2.75, 3.05) is 39.9 Å². The molecule has 2 aliphatic heterocycles. The summed E-state index contributed by atoms with van der Waals surface area (Å²) in [4.78, 5) is 6.86. The third-order valence-electron chi connectivity index (χ3n) is 4.87. The third-order valence-corrected chi connectivity index (χ3v) is 4.87. The molecule has 24 heavy (non-hydrogen) atoms. The number of rotatable bonds is 5. The van der Waals surface area contributed by atoms with Crippen LogP contribution in [0.5, 0.6) is 0 Å². The Morgan fingerprint density at radius 3 is 3.12 bits per heavy atom. The van der Waals surface area contributed by atoms with E-state index < -0.39 is 0 Å². The summed E-state index contributed by atoms with van der Waals surface area (Å²) < 4.78 is 7.24. The van der Waals surface area contributed by atoms with Crippen LogP contribution in [-0.2, 0) is 18.2 Å². The van der Waals surface area contributed by atoms with Gasteiger partial charge in [-0.3, -0.25) is 9.67 Å². The van der Waals surface area contributed by atoms with E-state index in [9.17, 15) is 0 Å². The van der Waals surface area contributed by atoms with Crippen LogP contribution in [0.2, 0.25) is 0 Å². The average Bonchev–Trinajstić information content (AvgIpc) is 3.22. The molecule has 0 spiro atoms. The molecule has 1 aromatic heterocycles. The van der Waals surface area contributed by atoms with Crippen molar-refractivity contribution in [2.45, 2.75) is 25.7 Å². The molecule has 2 aliphatic rings. The number of nitrogens with one attached hydrogen (secondary N) is 1. The van der Waals surface area contributed by atoms with E-state index in [0.29, 0.717) is 5.92 Å². The fourth-order valence-corrected chi connectivity index (χ4v) is 3.56. The van der Waals surface area contributed by atoms with Gasteiger partial charge in [-0.15, -0.1) is 0 Å². The van der Waals surface area contributed by atoms with Crippen LogP contribution >= 0.6 is 0 Å². The molecule has 0 bridgehead atoms. The molecule has 132 valence electrons. The van der Waals surface area contributed by atoms with Gasteiger partial charge in [0.1, 0.15) is 0 Å².